The molecule has 0 saturated heterocycles. The Morgan fingerprint density at radius 3 is 2.60 bits per heavy atom. The van der Waals surface area contributed by atoms with E-state index >= 15 is 0 Å². The summed E-state index contributed by atoms with van der Waals surface area (Å²) in [4.78, 5) is 12.2. The average molecular weight is 273 g/mol. The summed E-state index contributed by atoms with van der Waals surface area (Å²) in [7, 11) is 1.79. The van der Waals surface area contributed by atoms with Gasteiger partial charge >= 0.3 is 0 Å². The third kappa shape index (κ3) is 2.32. The van der Waals surface area contributed by atoms with E-state index in [2.05, 4.69) is 10.4 Å². The van der Waals surface area contributed by atoms with E-state index in [4.69, 9.17) is 9.47 Å². The monoisotopic (exact) mass is 273 g/mol. The second kappa shape index (κ2) is 4.88. The molecule has 0 fully saturated rings. The zero-order valence-corrected chi connectivity index (χ0v) is 11.2. The van der Waals surface area contributed by atoms with Gasteiger partial charge in [0.1, 0.15) is 6.10 Å². The third-order valence-corrected chi connectivity index (χ3v) is 3.07. The van der Waals surface area contributed by atoms with Crippen molar-refractivity contribution >= 4 is 11.7 Å². The first-order valence-electron chi connectivity index (χ1n) is 6.36. The fourth-order valence-electron chi connectivity index (χ4n) is 2.09. The van der Waals surface area contributed by atoms with Crippen LogP contribution in [0.25, 0.3) is 0 Å². The van der Waals surface area contributed by atoms with E-state index in [9.17, 15) is 4.79 Å². The van der Waals surface area contributed by atoms with E-state index in [-0.39, 0.29) is 12.0 Å². The summed E-state index contributed by atoms with van der Waals surface area (Å²) in [6.07, 6.45) is 0.688. The molecule has 2 atom stereocenters. The number of hydrogen-bond acceptors (Lipinski definition) is 4. The molecule has 0 aliphatic carbocycles. The molecule has 0 spiro atoms. The van der Waals surface area contributed by atoms with Crippen LogP contribution in [0.5, 0.6) is 11.5 Å². The van der Waals surface area contributed by atoms with Gasteiger partial charge in [-0.1, -0.05) is 12.1 Å². The Morgan fingerprint density at radius 2 is 1.95 bits per heavy atom. The van der Waals surface area contributed by atoms with Crippen molar-refractivity contribution in [2.24, 2.45) is 7.05 Å². The molecule has 3 rings (SSSR count). The van der Waals surface area contributed by atoms with Crippen LogP contribution in [0.4, 0.5) is 5.82 Å². The Kier molecular flexibility index (Phi) is 3.06. The summed E-state index contributed by atoms with van der Waals surface area (Å²) in [6, 6.07) is 9.02. The van der Waals surface area contributed by atoms with Gasteiger partial charge in [-0.3, -0.25) is 9.48 Å². The van der Waals surface area contributed by atoms with E-state index < -0.39 is 6.10 Å². The minimum absolute atomic E-state index is 0.272. The zero-order valence-electron chi connectivity index (χ0n) is 11.2. The maximum absolute atomic E-state index is 12.2. The Bertz CT molecular complexity index is 638. The van der Waals surface area contributed by atoms with Crippen molar-refractivity contribution in [3.05, 3.63) is 36.5 Å². The van der Waals surface area contributed by atoms with Gasteiger partial charge in [-0.15, -0.1) is 0 Å². The van der Waals surface area contributed by atoms with Crippen LogP contribution in [0, 0.1) is 0 Å². The fourth-order valence-corrected chi connectivity index (χ4v) is 2.09. The van der Waals surface area contributed by atoms with Crippen molar-refractivity contribution in [2.45, 2.75) is 19.1 Å². The molecule has 1 aliphatic heterocycles. The van der Waals surface area contributed by atoms with Gasteiger partial charge in [0, 0.05) is 19.3 Å². The molecule has 0 bridgehead atoms. The highest BCUT2D eigenvalue weighted by atomic mass is 16.6. The molecule has 2 heterocycles. The average Bonchev–Trinajstić information content (AvgIpc) is 2.83. The molecule has 6 heteroatoms. The number of aryl methyl sites for hydroxylation is 1. The van der Waals surface area contributed by atoms with Crippen LogP contribution in [-0.2, 0) is 11.8 Å². The van der Waals surface area contributed by atoms with Gasteiger partial charge in [-0.2, -0.15) is 5.10 Å². The van der Waals surface area contributed by atoms with Gasteiger partial charge in [0.2, 0.25) is 6.10 Å². The highest BCUT2D eigenvalue weighted by molar-refractivity contribution is 5.94. The Hall–Kier alpha value is -2.50. The van der Waals surface area contributed by atoms with Crippen LogP contribution in [0.3, 0.4) is 0 Å². The normalized spacial score (nSPS) is 20.5. The number of carbonyl (C=O) groups is 1. The Labute approximate surface area is 116 Å². The number of carbonyl (C=O) groups excluding carboxylic acids is 1. The van der Waals surface area contributed by atoms with Crippen molar-refractivity contribution in [2.75, 3.05) is 5.32 Å². The molecule has 0 unspecified atom stereocenters. The number of aromatic nitrogens is 2. The molecule has 1 aromatic heterocycles. The van der Waals surface area contributed by atoms with E-state index in [0.29, 0.717) is 17.3 Å². The molecule has 104 valence electrons. The van der Waals surface area contributed by atoms with Crippen molar-refractivity contribution in [3.63, 3.8) is 0 Å². The maximum Gasteiger partial charge on any atom is 0.270 e. The largest absolute Gasteiger partial charge is 0.482 e. The highest BCUT2D eigenvalue weighted by Gasteiger charge is 2.34. The van der Waals surface area contributed by atoms with Crippen LogP contribution in [0.1, 0.15) is 6.92 Å². The van der Waals surface area contributed by atoms with Gasteiger partial charge < -0.3 is 14.8 Å². The number of anilines is 1. The molecule has 6 nitrogen and oxygen atoms in total. The SMILES string of the molecule is C[C@@H]1Oc2ccccc2O[C@H]1C(=O)Nc1ccn(C)n1. The number of nitrogens with zero attached hydrogens (tertiary/aromatic N) is 2. The van der Waals surface area contributed by atoms with Gasteiger partial charge in [0.25, 0.3) is 5.91 Å². The second-order valence-electron chi connectivity index (χ2n) is 4.67. The number of rotatable bonds is 2. The van der Waals surface area contributed by atoms with Crippen LogP contribution in [0.2, 0.25) is 0 Å². The summed E-state index contributed by atoms with van der Waals surface area (Å²) < 4.78 is 13.0. The molecular formula is C14H15N3O3. The van der Waals surface area contributed by atoms with Crippen LogP contribution in [0.15, 0.2) is 36.5 Å². The van der Waals surface area contributed by atoms with E-state index in [1.165, 1.54) is 0 Å². The summed E-state index contributed by atoms with van der Waals surface area (Å²) in [5.74, 6) is 1.45. The zero-order chi connectivity index (χ0) is 14.1. The molecule has 0 saturated carbocycles. The quantitative estimate of drug-likeness (QED) is 0.902. The molecule has 1 amide bonds. The van der Waals surface area contributed by atoms with Crippen molar-refractivity contribution in [1.82, 2.24) is 9.78 Å². The van der Waals surface area contributed by atoms with Crippen LogP contribution in [-0.4, -0.2) is 27.9 Å². The van der Waals surface area contributed by atoms with Gasteiger partial charge in [-0.05, 0) is 19.1 Å². The topological polar surface area (TPSA) is 65.4 Å². The molecule has 1 N–H and O–H groups in total. The standard InChI is InChI=1S/C14H15N3O3/c1-9-13(14(18)15-12-7-8-17(2)16-12)20-11-6-4-3-5-10(11)19-9/h3-9,13H,1-2H3,(H,15,16,18)/t9-,13+/m0/s1. The number of benzene rings is 1. The lowest BCUT2D eigenvalue weighted by Crippen LogP contribution is -2.46. The Balaban J connectivity index is 1.75. The van der Waals surface area contributed by atoms with Crippen molar-refractivity contribution < 1.29 is 14.3 Å². The number of para-hydroxylation sites is 2. The van der Waals surface area contributed by atoms with E-state index in [0.717, 1.165) is 0 Å². The number of nitrogens with one attached hydrogen (secondary N) is 1. The number of fused-ring (bicyclic) bond motifs is 1. The lowest BCUT2D eigenvalue weighted by Gasteiger charge is -2.30. The Morgan fingerprint density at radius 1 is 1.25 bits per heavy atom. The maximum atomic E-state index is 12.2. The van der Waals surface area contributed by atoms with Crippen molar-refractivity contribution in [3.8, 4) is 11.5 Å². The lowest BCUT2D eigenvalue weighted by atomic mass is 10.1. The minimum atomic E-state index is -0.702. The minimum Gasteiger partial charge on any atom is -0.482 e. The second-order valence-corrected chi connectivity index (χ2v) is 4.67. The van der Waals surface area contributed by atoms with Gasteiger partial charge in [0.15, 0.2) is 17.3 Å². The molecule has 1 aromatic carbocycles. The first kappa shape index (κ1) is 12.5. The molecule has 0 radical (unpaired) electrons. The van der Waals surface area contributed by atoms with Crippen LogP contribution < -0.4 is 14.8 Å². The van der Waals surface area contributed by atoms with Crippen molar-refractivity contribution in [1.29, 1.82) is 0 Å². The smallest absolute Gasteiger partial charge is 0.270 e. The first-order valence-corrected chi connectivity index (χ1v) is 6.36. The number of amides is 1. The van der Waals surface area contributed by atoms with Gasteiger partial charge in [-0.25, -0.2) is 0 Å². The van der Waals surface area contributed by atoms with E-state index in [1.807, 2.05) is 18.2 Å². The fraction of sp³-hybridized carbons (Fsp3) is 0.286. The summed E-state index contributed by atoms with van der Waals surface area (Å²) in [5.41, 5.74) is 0. The third-order valence-electron chi connectivity index (χ3n) is 3.07. The number of ether oxygens (including phenoxy) is 2. The predicted octanol–water partition coefficient (Wildman–Crippen LogP) is 1.59. The van der Waals surface area contributed by atoms with Crippen LogP contribution >= 0.6 is 0 Å². The lowest BCUT2D eigenvalue weighted by molar-refractivity contribution is -0.128. The summed E-state index contributed by atoms with van der Waals surface area (Å²) >= 11 is 0. The number of hydrogen-bond donors (Lipinski definition) is 1. The molecule has 2 aromatic rings. The predicted molar refractivity (Wildman–Crippen MR) is 72.8 cm³/mol. The molecule has 1 aliphatic rings. The van der Waals surface area contributed by atoms with E-state index in [1.54, 1.807) is 37.0 Å². The first-order chi connectivity index (χ1) is 9.63. The highest BCUT2D eigenvalue weighted by Crippen LogP contribution is 2.33. The summed E-state index contributed by atoms with van der Waals surface area (Å²) in [5, 5.41) is 6.82. The van der Waals surface area contributed by atoms with Gasteiger partial charge in [0.05, 0.1) is 0 Å². The molecular weight excluding hydrogens is 258 g/mol. The molecule has 20 heavy (non-hydrogen) atoms. The summed E-state index contributed by atoms with van der Waals surface area (Å²) in [6.45, 7) is 1.80.